The van der Waals surface area contributed by atoms with Crippen LogP contribution in [0.1, 0.15) is 25.5 Å². The number of carbonyl (C=O) groups is 1. The van der Waals surface area contributed by atoms with E-state index in [2.05, 4.69) is 15.4 Å². The van der Waals surface area contributed by atoms with E-state index >= 15 is 0 Å². The Labute approximate surface area is 194 Å². The van der Waals surface area contributed by atoms with Crippen molar-refractivity contribution in [2.75, 3.05) is 11.1 Å². The number of anilines is 1. The molecule has 0 spiro atoms. The predicted octanol–water partition coefficient (Wildman–Crippen LogP) is 4.86. The average molecular weight is 468 g/mol. The highest BCUT2D eigenvalue weighted by Crippen LogP contribution is 2.26. The first-order valence-electron chi connectivity index (χ1n) is 10.1. The van der Waals surface area contributed by atoms with E-state index in [0.717, 1.165) is 5.56 Å². The molecule has 0 aliphatic heterocycles. The summed E-state index contributed by atoms with van der Waals surface area (Å²) in [7, 11) is 0. The molecule has 9 heteroatoms. The molecule has 1 N–H and O–H groups in total. The standard InChI is InChI=1S/C23H22ClN5O2S/c1-14(2)29-20(11-12-25-29)27-21(30)13-32-23-26-18-9-5-4-7-16(18)22(31)28(23)19-10-6-8-17(24)15(19)3/h4-12,14H,13H2,1-3H3,(H,27,30). The Kier molecular flexibility index (Phi) is 6.34. The van der Waals surface area contributed by atoms with Crippen LogP contribution < -0.4 is 10.9 Å². The molecule has 0 radical (unpaired) electrons. The number of nitrogens with zero attached hydrogens (tertiary/aromatic N) is 4. The Morgan fingerprint density at radius 2 is 1.94 bits per heavy atom. The second-order valence-corrected chi connectivity index (χ2v) is 8.88. The summed E-state index contributed by atoms with van der Waals surface area (Å²) in [6.45, 7) is 5.83. The molecule has 2 aromatic heterocycles. The zero-order valence-corrected chi connectivity index (χ0v) is 19.4. The van der Waals surface area contributed by atoms with Gasteiger partial charge in [-0.2, -0.15) is 5.10 Å². The molecule has 164 valence electrons. The van der Waals surface area contributed by atoms with Gasteiger partial charge in [0.2, 0.25) is 5.91 Å². The molecular formula is C23H22ClN5O2S. The number of benzene rings is 2. The molecule has 0 bridgehead atoms. The van der Waals surface area contributed by atoms with Crippen LogP contribution in [0, 0.1) is 6.92 Å². The minimum Gasteiger partial charge on any atom is -0.310 e. The molecule has 0 saturated heterocycles. The van der Waals surface area contributed by atoms with Crippen LogP contribution in [0.2, 0.25) is 5.02 Å². The summed E-state index contributed by atoms with van der Waals surface area (Å²) in [5.41, 5.74) is 1.78. The van der Waals surface area contributed by atoms with Crippen molar-refractivity contribution < 1.29 is 4.79 Å². The number of fused-ring (bicyclic) bond motifs is 1. The van der Waals surface area contributed by atoms with Crippen LogP contribution in [-0.4, -0.2) is 31.0 Å². The van der Waals surface area contributed by atoms with Crippen LogP contribution in [0.5, 0.6) is 0 Å². The number of hydrogen-bond donors (Lipinski definition) is 1. The van der Waals surface area contributed by atoms with Crippen molar-refractivity contribution in [3.05, 3.63) is 75.7 Å². The monoisotopic (exact) mass is 467 g/mol. The molecule has 0 atom stereocenters. The topological polar surface area (TPSA) is 81.8 Å². The second kappa shape index (κ2) is 9.18. The van der Waals surface area contributed by atoms with Crippen molar-refractivity contribution in [2.45, 2.75) is 32.0 Å². The Balaban J connectivity index is 1.70. The number of thioether (sulfide) groups is 1. The summed E-state index contributed by atoms with van der Waals surface area (Å²) in [6, 6.07) is 14.4. The van der Waals surface area contributed by atoms with Crippen LogP contribution in [0.4, 0.5) is 5.82 Å². The minimum absolute atomic E-state index is 0.0771. The fourth-order valence-corrected chi connectivity index (χ4v) is 4.37. The quantitative estimate of drug-likeness (QED) is 0.323. The molecule has 0 fully saturated rings. The van der Waals surface area contributed by atoms with Gasteiger partial charge >= 0.3 is 0 Å². The molecule has 4 aromatic rings. The highest BCUT2D eigenvalue weighted by Gasteiger charge is 2.17. The summed E-state index contributed by atoms with van der Waals surface area (Å²) >= 11 is 7.52. The maximum atomic E-state index is 13.4. The molecule has 4 rings (SSSR count). The second-order valence-electron chi connectivity index (χ2n) is 7.53. The predicted molar refractivity (Wildman–Crippen MR) is 129 cm³/mol. The van der Waals surface area contributed by atoms with Gasteiger partial charge in [0.15, 0.2) is 5.16 Å². The number of carbonyl (C=O) groups excluding carboxylic acids is 1. The smallest absolute Gasteiger partial charge is 0.266 e. The van der Waals surface area contributed by atoms with E-state index in [1.165, 1.54) is 16.3 Å². The summed E-state index contributed by atoms with van der Waals surface area (Å²) in [6.07, 6.45) is 1.65. The van der Waals surface area contributed by atoms with Gasteiger partial charge in [-0.25, -0.2) is 9.67 Å². The lowest BCUT2D eigenvalue weighted by Crippen LogP contribution is -2.24. The zero-order valence-electron chi connectivity index (χ0n) is 17.9. The summed E-state index contributed by atoms with van der Waals surface area (Å²) in [4.78, 5) is 30.7. The molecule has 32 heavy (non-hydrogen) atoms. The maximum Gasteiger partial charge on any atom is 0.266 e. The highest BCUT2D eigenvalue weighted by molar-refractivity contribution is 7.99. The molecule has 0 saturated carbocycles. The van der Waals surface area contributed by atoms with E-state index < -0.39 is 0 Å². The molecule has 2 aromatic carbocycles. The fraction of sp³-hybridized carbons (Fsp3) is 0.217. The third-order valence-electron chi connectivity index (χ3n) is 4.98. The molecule has 7 nitrogen and oxygen atoms in total. The molecule has 0 aliphatic rings. The highest BCUT2D eigenvalue weighted by atomic mass is 35.5. The van der Waals surface area contributed by atoms with Gasteiger partial charge in [-0.15, -0.1) is 0 Å². The number of halogens is 1. The Hall–Kier alpha value is -3.10. The first kappa shape index (κ1) is 22.1. The van der Waals surface area contributed by atoms with Crippen molar-refractivity contribution in [3.8, 4) is 5.69 Å². The van der Waals surface area contributed by atoms with Crippen molar-refractivity contribution in [1.82, 2.24) is 19.3 Å². The number of para-hydroxylation sites is 1. The van der Waals surface area contributed by atoms with Crippen LogP contribution in [0.15, 0.2) is 64.7 Å². The lowest BCUT2D eigenvalue weighted by atomic mass is 10.2. The first-order valence-corrected chi connectivity index (χ1v) is 11.5. The SMILES string of the molecule is Cc1c(Cl)cccc1-n1c(SCC(=O)Nc2ccnn2C(C)C)nc2ccccc2c1=O. The van der Waals surface area contributed by atoms with Crippen LogP contribution in [0.3, 0.4) is 0 Å². The van der Waals surface area contributed by atoms with Gasteiger partial charge in [-0.3, -0.25) is 14.2 Å². The fourth-order valence-electron chi connectivity index (χ4n) is 3.39. The third-order valence-corrected chi connectivity index (χ3v) is 6.33. The van der Waals surface area contributed by atoms with E-state index in [9.17, 15) is 9.59 Å². The molecule has 2 heterocycles. The van der Waals surface area contributed by atoms with Crippen molar-refractivity contribution in [1.29, 1.82) is 0 Å². The Morgan fingerprint density at radius 1 is 1.16 bits per heavy atom. The van der Waals surface area contributed by atoms with Gasteiger partial charge in [0, 0.05) is 17.1 Å². The normalized spacial score (nSPS) is 11.3. The Bertz CT molecular complexity index is 1360. The maximum absolute atomic E-state index is 13.4. The van der Waals surface area contributed by atoms with Gasteiger partial charge in [0.25, 0.3) is 5.56 Å². The van der Waals surface area contributed by atoms with Crippen molar-refractivity contribution >= 4 is 46.0 Å². The van der Waals surface area contributed by atoms with Crippen molar-refractivity contribution in [2.24, 2.45) is 0 Å². The van der Waals surface area contributed by atoms with Gasteiger partial charge in [-0.05, 0) is 50.6 Å². The largest absolute Gasteiger partial charge is 0.310 e. The van der Waals surface area contributed by atoms with E-state index in [1.807, 2.05) is 32.9 Å². The van der Waals surface area contributed by atoms with E-state index in [0.29, 0.717) is 32.6 Å². The summed E-state index contributed by atoms with van der Waals surface area (Å²) in [5, 5.41) is 8.59. The first-order chi connectivity index (χ1) is 15.4. The van der Waals surface area contributed by atoms with E-state index in [4.69, 9.17) is 11.6 Å². The van der Waals surface area contributed by atoms with Crippen LogP contribution in [-0.2, 0) is 4.79 Å². The number of nitrogens with one attached hydrogen (secondary N) is 1. The van der Waals surface area contributed by atoms with E-state index in [-0.39, 0.29) is 23.3 Å². The molecular weight excluding hydrogens is 446 g/mol. The molecule has 0 aliphatic carbocycles. The summed E-state index contributed by atoms with van der Waals surface area (Å²) in [5.74, 6) is 0.488. The summed E-state index contributed by atoms with van der Waals surface area (Å²) < 4.78 is 3.27. The van der Waals surface area contributed by atoms with E-state index in [1.54, 1.807) is 47.3 Å². The van der Waals surface area contributed by atoms with Gasteiger partial charge in [0.05, 0.1) is 28.5 Å². The number of aromatic nitrogens is 4. The van der Waals surface area contributed by atoms with Crippen LogP contribution >= 0.6 is 23.4 Å². The number of rotatable bonds is 6. The van der Waals surface area contributed by atoms with Crippen molar-refractivity contribution in [3.63, 3.8) is 0 Å². The molecule has 1 amide bonds. The van der Waals surface area contributed by atoms with Crippen LogP contribution in [0.25, 0.3) is 16.6 Å². The van der Waals surface area contributed by atoms with Gasteiger partial charge in [0.1, 0.15) is 5.82 Å². The Morgan fingerprint density at radius 3 is 2.72 bits per heavy atom. The average Bonchev–Trinajstić information content (AvgIpc) is 3.23. The zero-order chi connectivity index (χ0) is 22.8. The molecule has 0 unspecified atom stereocenters. The van der Waals surface area contributed by atoms with Gasteiger partial charge in [-0.1, -0.05) is 41.6 Å². The lowest BCUT2D eigenvalue weighted by molar-refractivity contribution is -0.113. The minimum atomic E-state index is -0.214. The third kappa shape index (κ3) is 4.28. The lowest BCUT2D eigenvalue weighted by Gasteiger charge is -2.16. The van der Waals surface area contributed by atoms with Gasteiger partial charge < -0.3 is 5.32 Å². The number of hydrogen-bond acceptors (Lipinski definition) is 5. The number of amides is 1.